The van der Waals surface area contributed by atoms with Crippen LogP contribution in [0.25, 0.3) is 22.4 Å². The van der Waals surface area contributed by atoms with Crippen LogP contribution < -0.4 is 15.0 Å². The van der Waals surface area contributed by atoms with Crippen LogP contribution in [0.5, 0.6) is 5.75 Å². The summed E-state index contributed by atoms with van der Waals surface area (Å²) in [5.74, 6) is 1.04. The molecule has 2 aromatic carbocycles. The number of nitrogens with zero attached hydrogens (tertiary/aromatic N) is 2. The molecule has 0 saturated heterocycles. The van der Waals surface area contributed by atoms with E-state index in [-0.39, 0.29) is 24.8 Å². The van der Waals surface area contributed by atoms with Crippen molar-refractivity contribution >= 4 is 50.6 Å². The van der Waals surface area contributed by atoms with Crippen LogP contribution in [0.3, 0.4) is 0 Å². The lowest BCUT2D eigenvalue weighted by Crippen LogP contribution is -2.36. The number of thiazole rings is 1. The minimum absolute atomic E-state index is 0.141. The van der Waals surface area contributed by atoms with Gasteiger partial charge >= 0.3 is 0 Å². The van der Waals surface area contributed by atoms with Crippen LogP contribution in [-0.4, -0.2) is 36.5 Å². The number of rotatable bonds is 10. The Kier molecular flexibility index (Phi) is 7.39. The number of aromatic nitrogens is 1. The number of nitrogens with one attached hydrogen (secondary N) is 1. The van der Waals surface area contributed by atoms with Gasteiger partial charge in [-0.3, -0.25) is 14.5 Å². The maximum absolute atomic E-state index is 13.3. The van der Waals surface area contributed by atoms with Gasteiger partial charge in [0.05, 0.1) is 11.4 Å². The van der Waals surface area contributed by atoms with E-state index in [4.69, 9.17) is 9.15 Å². The van der Waals surface area contributed by atoms with Crippen molar-refractivity contribution < 1.29 is 18.7 Å². The molecule has 3 aromatic heterocycles. The first kappa shape index (κ1) is 23.8. The Bertz CT molecular complexity index is 1410. The number of ether oxygens (including phenoxy) is 1. The lowest BCUT2D eigenvalue weighted by molar-refractivity contribution is -0.120. The molecule has 0 aliphatic rings. The van der Waals surface area contributed by atoms with E-state index < -0.39 is 0 Å². The molecule has 3 heterocycles. The monoisotopic (exact) mass is 517 g/mol. The minimum atomic E-state index is -0.185. The summed E-state index contributed by atoms with van der Waals surface area (Å²) in [5, 5.41) is 8.07. The van der Waals surface area contributed by atoms with Gasteiger partial charge in [-0.15, -0.1) is 22.7 Å². The Morgan fingerprint density at radius 2 is 1.83 bits per heavy atom. The van der Waals surface area contributed by atoms with Gasteiger partial charge in [0.25, 0.3) is 5.91 Å². The largest absolute Gasteiger partial charge is 0.492 e. The number of furan rings is 1. The average molecular weight is 518 g/mol. The van der Waals surface area contributed by atoms with Crippen molar-refractivity contribution in [2.45, 2.75) is 6.42 Å². The van der Waals surface area contributed by atoms with Gasteiger partial charge < -0.3 is 14.5 Å². The van der Waals surface area contributed by atoms with Gasteiger partial charge in [-0.1, -0.05) is 42.5 Å². The van der Waals surface area contributed by atoms with Crippen LogP contribution in [0, 0.1) is 0 Å². The highest BCUT2D eigenvalue weighted by Crippen LogP contribution is 2.32. The molecule has 0 radical (unpaired) electrons. The number of benzene rings is 2. The van der Waals surface area contributed by atoms with Gasteiger partial charge in [0.2, 0.25) is 5.91 Å². The molecular formula is C27H23N3O4S2. The van der Waals surface area contributed by atoms with E-state index in [9.17, 15) is 9.59 Å². The molecule has 1 N–H and O–H groups in total. The third-order valence-corrected chi connectivity index (χ3v) is 7.10. The molecule has 5 aromatic rings. The maximum Gasteiger partial charge on any atom is 0.270 e. The Labute approximate surface area is 216 Å². The van der Waals surface area contributed by atoms with Crippen molar-refractivity contribution in [2.24, 2.45) is 0 Å². The van der Waals surface area contributed by atoms with Crippen LogP contribution in [0.15, 0.2) is 88.0 Å². The Balaban J connectivity index is 1.24. The molecule has 0 unspecified atom stereocenters. The molecule has 0 aliphatic heterocycles. The number of carbonyl (C=O) groups excluding carboxylic acids is 2. The molecule has 0 aliphatic carbocycles. The second-order valence-electron chi connectivity index (χ2n) is 7.86. The fourth-order valence-electron chi connectivity index (χ4n) is 3.60. The molecular weight excluding hydrogens is 494 g/mol. The zero-order valence-corrected chi connectivity index (χ0v) is 20.9. The van der Waals surface area contributed by atoms with Gasteiger partial charge in [0.1, 0.15) is 23.6 Å². The van der Waals surface area contributed by atoms with Gasteiger partial charge in [0.15, 0.2) is 10.9 Å². The number of amides is 2. The van der Waals surface area contributed by atoms with Gasteiger partial charge in [0, 0.05) is 23.7 Å². The van der Waals surface area contributed by atoms with Crippen LogP contribution in [-0.2, 0) is 4.79 Å². The van der Waals surface area contributed by atoms with Crippen LogP contribution >= 0.6 is 22.7 Å². The fraction of sp³-hybridized carbons (Fsp3) is 0.148. The maximum atomic E-state index is 13.3. The first-order chi connectivity index (χ1) is 17.7. The van der Waals surface area contributed by atoms with Gasteiger partial charge in [-0.2, -0.15) is 0 Å². The summed E-state index contributed by atoms with van der Waals surface area (Å²) in [6, 6.07) is 22.7. The van der Waals surface area contributed by atoms with E-state index in [1.807, 2.05) is 77.5 Å². The highest BCUT2D eigenvalue weighted by molar-refractivity contribution is 7.14. The molecule has 0 fully saturated rings. The topological polar surface area (TPSA) is 84.7 Å². The average Bonchev–Trinajstić information content (AvgIpc) is 3.68. The van der Waals surface area contributed by atoms with E-state index in [1.54, 1.807) is 11.0 Å². The third-order valence-electron chi connectivity index (χ3n) is 5.38. The van der Waals surface area contributed by atoms with E-state index in [1.165, 1.54) is 22.7 Å². The molecule has 182 valence electrons. The predicted octanol–water partition coefficient (Wildman–Crippen LogP) is 5.85. The van der Waals surface area contributed by atoms with Gasteiger partial charge in [-0.25, -0.2) is 4.98 Å². The number of thiophene rings is 1. The number of fused-ring (bicyclic) bond motifs is 1. The summed E-state index contributed by atoms with van der Waals surface area (Å²) in [6.45, 7) is 0.941. The summed E-state index contributed by atoms with van der Waals surface area (Å²) in [6.07, 6.45) is 0.141. The molecule has 36 heavy (non-hydrogen) atoms. The highest BCUT2D eigenvalue weighted by Gasteiger charge is 2.23. The Hall–Kier alpha value is -3.95. The predicted molar refractivity (Wildman–Crippen MR) is 143 cm³/mol. The Morgan fingerprint density at radius 3 is 2.64 bits per heavy atom. The van der Waals surface area contributed by atoms with Crippen molar-refractivity contribution in [1.29, 1.82) is 0 Å². The van der Waals surface area contributed by atoms with Crippen molar-refractivity contribution in [3.63, 3.8) is 0 Å². The van der Waals surface area contributed by atoms with E-state index in [0.29, 0.717) is 34.6 Å². The summed E-state index contributed by atoms with van der Waals surface area (Å²) >= 11 is 2.70. The fourth-order valence-corrected chi connectivity index (χ4v) is 5.11. The summed E-state index contributed by atoms with van der Waals surface area (Å²) < 4.78 is 11.5. The summed E-state index contributed by atoms with van der Waals surface area (Å²) in [4.78, 5) is 32.6. The number of hydrogen-bond acceptors (Lipinski definition) is 7. The summed E-state index contributed by atoms with van der Waals surface area (Å²) in [5.41, 5.74) is 1.43. The van der Waals surface area contributed by atoms with Crippen molar-refractivity contribution in [1.82, 2.24) is 10.3 Å². The van der Waals surface area contributed by atoms with Crippen molar-refractivity contribution in [3.05, 3.63) is 88.4 Å². The van der Waals surface area contributed by atoms with E-state index in [0.717, 1.165) is 16.7 Å². The highest BCUT2D eigenvalue weighted by atomic mass is 32.1. The zero-order chi connectivity index (χ0) is 24.7. The molecule has 9 heteroatoms. The quantitative estimate of drug-likeness (QED) is 0.235. The lowest BCUT2D eigenvalue weighted by Gasteiger charge is -2.19. The Morgan fingerprint density at radius 1 is 1.00 bits per heavy atom. The minimum Gasteiger partial charge on any atom is -0.492 e. The van der Waals surface area contributed by atoms with Crippen molar-refractivity contribution in [2.75, 3.05) is 24.6 Å². The smallest absolute Gasteiger partial charge is 0.270 e. The lowest BCUT2D eigenvalue weighted by atomic mass is 10.2. The molecule has 5 rings (SSSR count). The van der Waals surface area contributed by atoms with E-state index >= 15 is 0 Å². The summed E-state index contributed by atoms with van der Waals surface area (Å²) in [7, 11) is 0. The molecule has 0 saturated carbocycles. The molecule has 0 spiro atoms. The second-order valence-corrected chi connectivity index (χ2v) is 9.64. The van der Waals surface area contributed by atoms with Crippen LogP contribution in [0.1, 0.15) is 16.1 Å². The number of hydrogen-bond donors (Lipinski definition) is 1. The number of carbonyl (C=O) groups is 2. The number of anilines is 1. The third kappa shape index (κ3) is 5.64. The molecule has 0 atom stereocenters. The van der Waals surface area contributed by atoms with Crippen LogP contribution in [0.2, 0.25) is 0 Å². The zero-order valence-electron chi connectivity index (χ0n) is 19.3. The first-order valence-corrected chi connectivity index (χ1v) is 13.2. The molecule has 0 bridgehead atoms. The van der Waals surface area contributed by atoms with Gasteiger partial charge in [-0.05, 0) is 35.7 Å². The molecule has 7 nitrogen and oxygen atoms in total. The van der Waals surface area contributed by atoms with Crippen LogP contribution in [0.4, 0.5) is 5.13 Å². The second kappa shape index (κ2) is 11.2. The van der Waals surface area contributed by atoms with E-state index in [2.05, 4.69) is 10.3 Å². The van der Waals surface area contributed by atoms with Crippen molar-refractivity contribution in [3.8, 4) is 17.2 Å². The molecule has 2 amide bonds. The SMILES string of the molecule is O=C(CCN(C(=O)c1cccs1)c1nc(-c2cc3ccccc3o2)cs1)NCCOc1ccccc1. The standard InChI is InChI=1S/C27H23N3O4S2/c31-25(28-13-15-33-20-8-2-1-3-9-20)12-14-30(26(32)24-11-6-16-35-24)27-29-21(18-36-27)23-17-19-7-4-5-10-22(19)34-23/h1-11,16-18H,12-15H2,(H,28,31). The number of para-hydroxylation sites is 2. The normalized spacial score (nSPS) is 10.9. The first-order valence-electron chi connectivity index (χ1n) is 11.4.